The Labute approximate surface area is 75.9 Å². The number of hydrogen-bond donors (Lipinski definition) is 2. The number of hydrogen-bond acceptors (Lipinski definition) is 2. The molecule has 2 rings (SSSR count). The zero-order valence-corrected chi connectivity index (χ0v) is 7.42. The molecule has 68 valence electrons. The molecule has 2 aliphatic rings. The number of carbonyl (C=O) groups is 1. The van der Waals surface area contributed by atoms with E-state index in [1.54, 1.807) is 0 Å². The predicted molar refractivity (Wildman–Crippen MR) is 45.0 cm³/mol. The minimum Gasteiger partial charge on any atom is -0.480 e. The van der Waals surface area contributed by atoms with Gasteiger partial charge in [0, 0.05) is 0 Å². The van der Waals surface area contributed by atoms with E-state index in [4.69, 9.17) is 22.4 Å². The van der Waals surface area contributed by atoms with E-state index in [2.05, 4.69) is 0 Å². The summed E-state index contributed by atoms with van der Waals surface area (Å²) in [6, 6.07) is 0. The summed E-state index contributed by atoms with van der Waals surface area (Å²) < 4.78 is 0. The highest BCUT2D eigenvalue weighted by atomic mass is 35.5. The van der Waals surface area contributed by atoms with Crippen molar-refractivity contribution in [2.45, 2.75) is 30.2 Å². The molecule has 4 atom stereocenters. The monoisotopic (exact) mass is 189 g/mol. The van der Waals surface area contributed by atoms with Crippen molar-refractivity contribution in [2.75, 3.05) is 0 Å². The van der Waals surface area contributed by atoms with Crippen molar-refractivity contribution < 1.29 is 9.90 Å². The van der Waals surface area contributed by atoms with Gasteiger partial charge in [-0.05, 0) is 31.1 Å². The number of alkyl halides is 1. The van der Waals surface area contributed by atoms with Gasteiger partial charge in [-0.15, -0.1) is 11.6 Å². The molecule has 0 saturated heterocycles. The quantitative estimate of drug-likeness (QED) is 0.600. The van der Waals surface area contributed by atoms with Crippen molar-refractivity contribution in [1.82, 2.24) is 0 Å². The first-order chi connectivity index (χ1) is 5.56. The molecule has 2 aliphatic carbocycles. The van der Waals surface area contributed by atoms with E-state index < -0.39 is 11.5 Å². The number of carboxylic acid groups (broad SMARTS) is 1. The third-order valence-electron chi connectivity index (χ3n) is 3.39. The zero-order valence-electron chi connectivity index (χ0n) is 6.66. The Bertz CT molecular complexity index is 229. The first-order valence-corrected chi connectivity index (χ1v) is 4.66. The Morgan fingerprint density at radius 2 is 2.25 bits per heavy atom. The first kappa shape index (κ1) is 8.32. The van der Waals surface area contributed by atoms with Crippen LogP contribution >= 0.6 is 11.6 Å². The van der Waals surface area contributed by atoms with Crippen molar-refractivity contribution in [3.63, 3.8) is 0 Å². The van der Waals surface area contributed by atoms with Crippen LogP contribution in [0.3, 0.4) is 0 Å². The third kappa shape index (κ3) is 0.783. The van der Waals surface area contributed by atoms with Crippen LogP contribution in [0.25, 0.3) is 0 Å². The van der Waals surface area contributed by atoms with Gasteiger partial charge < -0.3 is 10.8 Å². The molecule has 0 heterocycles. The van der Waals surface area contributed by atoms with Gasteiger partial charge in [-0.3, -0.25) is 4.79 Å². The summed E-state index contributed by atoms with van der Waals surface area (Å²) in [6.07, 6.45) is 2.87. The van der Waals surface area contributed by atoms with Gasteiger partial charge in [-0.1, -0.05) is 0 Å². The summed E-state index contributed by atoms with van der Waals surface area (Å²) in [7, 11) is 0. The van der Waals surface area contributed by atoms with Crippen LogP contribution < -0.4 is 5.73 Å². The highest BCUT2D eigenvalue weighted by molar-refractivity contribution is 6.24. The zero-order chi connectivity index (χ0) is 8.93. The topological polar surface area (TPSA) is 63.3 Å². The largest absolute Gasteiger partial charge is 0.480 e. The normalized spacial score (nSPS) is 51.3. The molecule has 4 heteroatoms. The summed E-state index contributed by atoms with van der Waals surface area (Å²) in [5.41, 5.74) is 4.65. The lowest BCUT2D eigenvalue weighted by Gasteiger charge is -2.33. The van der Waals surface area contributed by atoms with E-state index in [9.17, 15) is 4.79 Å². The van der Waals surface area contributed by atoms with Crippen LogP contribution in [0.4, 0.5) is 0 Å². The summed E-state index contributed by atoms with van der Waals surface area (Å²) in [6.45, 7) is 0. The Balaban J connectivity index is 2.32. The SMILES string of the molecule is NC1(C(=O)O)C2CCC(C2)C1Cl. The van der Waals surface area contributed by atoms with Gasteiger partial charge in [-0.2, -0.15) is 0 Å². The van der Waals surface area contributed by atoms with Crippen molar-refractivity contribution in [3.8, 4) is 0 Å². The molecule has 0 spiro atoms. The van der Waals surface area contributed by atoms with Crippen LogP contribution in [0, 0.1) is 11.8 Å². The number of fused-ring (bicyclic) bond motifs is 2. The van der Waals surface area contributed by atoms with Crippen molar-refractivity contribution >= 4 is 17.6 Å². The van der Waals surface area contributed by atoms with Gasteiger partial charge in [-0.25, -0.2) is 0 Å². The van der Waals surface area contributed by atoms with Gasteiger partial charge in [0.25, 0.3) is 0 Å². The molecular formula is C8H12ClNO2. The van der Waals surface area contributed by atoms with Crippen LogP contribution in [0.1, 0.15) is 19.3 Å². The second-order valence-electron chi connectivity index (χ2n) is 3.91. The van der Waals surface area contributed by atoms with Gasteiger partial charge in [0.05, 0.1) is 5.38 Å². The lowest BCUT2D eigenvalue weighted by Crippen LogP contribution is -2.58. The fraction of sp³-hybridized carbons (Fsp3) is 0.875. The van der Waals surface area contributed by atoms with Gasteiger partial charge >= 0.3 is 5.97 Å². The standard InChI is InChI=1S/C8H12ClNO2/c9-6-4-1-2-5(3-4)8(6,10)7(11)12/h4-6H,1-3,10H2,(H,11,12). The molecule has 0 aliphatic heterocycles. The third-order valence-corrected chi connectivity index (χ3v) is 4.11. The van der Waals surface area contributed by atoms with E-state index in [1.165, 1.54) is 0 Å². The number of aliphatic carboxylic acids is 1. The van der Waals surface area contributed by atoms with Crippen molar-refractivity contribution in [1.29, 1.82) is 0 Å². The number of rotatable bonds is 1. The molecule has 3 nitrogen and oxygen atoms in total. The van der Waals surface area contributed by atoms with E-state index in [1.807, 2.05) is 0 Å². The second-order valence-corrected chi connectivity index (χ2v) is 4.38. The van der Waals surface area contributed by atoms with Crippen LogP contribution in [0.5, 0.6) is 0 Å². The molecule has 0 amide bonds. The molecule has 3 N–H and O–H groups in total. The molecule has 0 aromatic carbocycles. The van der Waals surface area contributed by atoms with E-state index in [0.717, 1.165) is 19.3 Å². The smallest absolute Gasteiger partial charge is 0.325 e. The molecule has 2 saturated carbocycles. The summed E-state index contributed by atoms with van der Waals surface area (Å²) in [5, 5.41) is 8.59. The molecule has 0 radical (unpaired) electrons. The Kier molecular flexibility index (Phi) is 1.64. The van der Waals surface area contributed by atoms with Crippen LogP contribution in [0.2, 0.25) is 0 Å². The minimum atomic E-state index is -1.15. The lowest BCUT2D eigenvalue weighted by atomic mass is 9.81. The lowest BCUT2D eigenvalue weighted by molar-refractivity contribution is -0.145. The van der Waals surface area contributed by atoms with Gasteiger partial charge in [0.2, 0.25) is 0 Å². The van der Waals surface area contributed by atoms with Crippen LogP contribution in [-0.2, 0) is 4.79 Å². The van der Waals surface area contributed by atoms with Crippen molar-refractivity contribution in [3.05, 3.63) is 0 Å². The molecule has 2 bridgehead atoms. The average Bonchev–Trinajstić information content (AvgIpc) is 2.55. The Hall–Kier alpha value is -0.280. The summed E-state index contributed by atoms with van der Waals surface area (Å²) >= 11 is 6.01. The van der Waals surface area contributed by atoms with E-state index >= 15 is 0 Å². The first-order valence-electron chi connectivity index (χ1n) is 4.23. The molecule has 0 aromatic heterocycles. The van der Waals surface area contributed by atoms with Crippen LogP contribution in [-0.4, -0.2) is 22.0 Å². The highest BCUT2D eigenvalue weighted by Gasteiger charge is 2.60. The molecular weight excluding hydrogens is 178 g/mol. The van der Waals surface area contributed by atoms with E-state index in [0.29, 0.717) is 5.92 Å². The van der Waals surface area contributed by atoms with Crippen molar-refractivity contribution in [2.24, 2.45) is 17.6 Å². The maximum atomic E-state index is 10.9. The Morgan fingerprint density at radius 3 is 2.58 bits per heavy atom. The molecule has 12 heavy (non-hydrogen) atoms. The average molecular weight is 190 g/mol. The number of carboxylic acids is 1. The molecule has 2 fully saturated rings. The maximum absolute atomic E-state index is 10.9. The minimum absolute atomic E-state index is 0.0995. The second kappa shape index (κ2) is 2.36. The Morgan fingerprint density at radius 1 is 1.58 bits per heavy atom. The maximum Gasteiger partial charge on any atom is 0.325 e. The molecule has 0 aromatic rings. The van der Waals surface area contributed by atoms with E-state index in [-0.39, 0.29) is 11.3 Å². The van der Waals surface area contributed by atoms with Crippen LogP contribution in [0.15, 0.2) is 0 Å². The van der Waals surface area contributed by atoms with Gasteiger partial charge in [0.1, 0.15) is 5.54 Å². The fourth-order valence-electron chi connectivity index (χ4n) is 2.62. The predicted octanol–water partition coefficient (Wildman–Crippen LogP) is 0.806. The highest BCUT2D eigenvalue weighted by Crippen LogP contribution is 2.52. The van der Waals surface area contributed by atoms with Gasteiger partial charge in [0.15, 0.2) is 0 Å². The number of nitrogens with two attached hydrogens (primary N) is 1. The number of halogens is 1. The molecule has 4 unspecified atom stereocenters. The summed E-state index contributed by atoms with van der Waals surface area (Å²) in [4.78, 5) is 10.9. The summed E-state index contributed by atoms with van der Waals surface area (Å²) in [5.74, 6) is -0.505. The fourth-order valence-corrected chi connectivity index (χ4v) is 3.12.